The van der Waals surface area contributed by atoms with Gasteiger partial charge in [-0.2, -0.15) is 5.10 Å². The summed E-state index contributed by atoms with van der Waals surface area (Å²) in [4.78, 5) is 16.9. The average molecular weight is 296 g/mol. The molecule has 2 rings (SSSR count). The first-order valence-electron chi connectivity index (χ1n) is 4.87. The van der Waals surface area contributed by atoms with Crippen molar-refractivity contribution in [3.8, 4) is 0 Å². The largest absolute Gasteiger partial charge is 0.279 e. The number of hydrogen-bond donors (Lipinski definition) is 0. The van der Waals surface area contributed by atoms with Crippen LogP contribution in [0.25, 0.3) is 10.9 Å². The van der Waals surface area contributed by atoms with Crippen LogP contribution in [0.4, 0.5) is 0 Å². The molecular weight excluding hydrogens is 286 g/mol. The summed E-state index contributed by atoms with van der Waals surface area (Å²) in [6, 6.07) is 5.52. The van der Waals surface area contributed by atoms with Crippen LogP contribution in [0.2, 0.25) is 0 Å². The third-order valence-corrected chi connectivity index (χ3v) is 3.05. The summed E-state index contributed by atoms with van der Waals surface area (Å²) >= 11 is 3.38. The minimum absolute atomic E-state index is 0.259. The minimum Gasteiger partial charge on any atom is -0.274 e. The van der Waals surface area contributed by atoms with Crippen LogP contribution in [0.5, 0.6) is 0 Å². The van der Waals surface area contributed by atoms with Gasteiger partial charge >= 0.3 is 0 Å². The molecule has 6 heteroatoms. The third-order valence-electron chi connectivity index (χ3n) is 2.41. The van der Waals surface area contributed by atoms with Gasteiger partial charge in [-0.05, 0) is 22.0 Å². The molecule has 1 aromatic heterocycles. The monoisotopic (exact) mass is 295 g/mol. The highest BCUT2D eigenvalue weighted by molar-refractivity contribution is 9.10. The Morgan fingerprint density at radius 1 is 1.47 bits per heavy atom. The predicted molar refractivity (Wildman–Crippen MR) is 66.3 cm³/mol. The molecule has 0 saturated heterocycles. The first kappa shape index (κ1) is 11.9. The van der Waals surface area contributed by atoms with Gasteiger partial charge in [0.2, 0.25) is 0 Å². The Kier molecular flexibility index (Phi) is 3.35. The number of amides is 1. The van der Waals surface area contributed by atoms with Crippen molar-refractivity contribution in [1.29, 1.82) is 0 Å². The number of hydrogen-bond acceptors (Lipinski definition) is 4. The lowest BCUT2D eigenvalue weighted by molar-refractivity contribution is -0.0756. The molecule has 1 aromatic carbocycles. The fraction of sp³-hybridized carbons (Fsp3) is 0.182. The van der Waals surface area contributed by atoms with Gasteiger partial charge in [0.25, 0.3) is 5.91 Å². The Hall–Kier alpha value is -1.53. The molecule has 0 aliphatic carbocycles. The summed E-state index contributed by atoms with van der Waals surface area (Å²) in [6.45, 7) is 0. The molecule has 1 amide bonds. The smallest absolute Gasteiger partial charge is 0.274 e. The van der Waals surface area contributed by atoms with Crippen molar-refractivity contribution in [2.45, 2.75) is 0 Å². The number of aromatic nitrogens is 2. The lowest BCUT2D eigenvalue weighted by atomic mass is 10.1. The Morgan fingerprint density at radius 2 is 2.24 bits per heavy atom. The number of halogens is 1. The first-order chi connectivity index (χ1) is 8.15. The summed E-state index contributed by atoms with van der Waals surface area (Å²) < 4.78 is 0.803. The molecule has 0 fully saturated rings. The topological polar surface area (TPSA) is 55.3 Å². The van der Waals surface area contributed by atoms with Crippen molar-refractivity contribution in [2.75, 3.05) is 14.2 Å². The zero-order valence-electron chi connectivity index (χ0n) is 9.35. The van der Waals surface area contributed by atoms with E-state index in [9.17, 15) is 4.79 Å². The van der Waals surface area contributed by atoms with Crippen molar-refractivity contribution in [2.24, 2.45) is 0 Å². The molecule has 0 unspecified atom stereocenters. The van der Waals surface area contributed by atoms with Gasteiger partial charge in [0.15, 0.2) is 0 Å². The van der Waals surface area contributed by atoms with Gasteiger partial charge in [-0.25, -0.2) is 5.06 Å². The number of carbonyl (C=O) groups excluding carboxylic acids is 1. The Bertz CT molecular complexity index is 574. The van der Waals surface area contributed by atoms with Crippen molar-refractivity contribution < 1.29 is 9.63 Å². The Labute approximate surface area is 106 Å². The van der Waals surface area contributed by atoms with Gasteiger partial charge in [-0.3, -0.25) is 9.63 Å². The highest BCUT2D eigenvalue weighted by Gasteiger charge is 2.16. The van der Waals surface area contributed by atoms with Crippen molar-refractivity contribution in [3.63, 3.8) is 0 Å². The average Bonchev–Trinajstić information content (AvgIpc) is 2.37. The highest BCUT2D eigenvalue weighted by atomic mass is 79.9. The second kappa shape index (κ2) is 4.77. The van der Waals surface area contributed by atoms with E-state index in [1.807, 2.05) is 18.2 Å². The van der Waals surface area contributed by atoms with E-state index in [-0.39, 0.29) is 5.91 Å². The number of rotatable bonds is 2. The standard InChI is InChI=1S/C11H10BrN3O2/c1-15(17-2)11(16)8-6-13-14-10-7(8)4-3-5-9(10)12/h3-6H,1-2H3. The molecule has 17 heavy (non-hydrogen) atoms. The molecule has 88 valence electrons. The maximum atomic E-state index is 12.0. The molecular formula is C11H10BrN3O2. The highest BCUT2D eigenvalue weighted by Crippen LogP contribution is 2.24. The molecule has 1 heterocycles. The van der Waals surface area contributed by atoms with E-state index in [4.69, 9.17) is 4.84 Å². The van der Waals surface area contributed by atoms with Crippen LogP contribution >= 0.6 is 15.9 Å². The first-order valence-corrected chi connectivity index (χ1v) is 5.66. The van der Waals surface area contributed by atoms with Gasteiger partial charge in [-0.15, -0.1) is 5.10 Å². The van der Waals surface area contributed by atoms with E-state index in [1.165, 1.54) is 13.3 Å². The van der Waals surface area contributed by atoms with E-state index < -0.39 is 0 Å². The molecule has 0 atom stereocenters. The number of carbonyl (C=O) groups is 1. The summed E-state index contributed by atoms with van der Waals surface area (Å²) in [5.41, 5.74) is 1.11. The lowest BCUT2D eigenvalue weighted by Gasteiger charge is -2.14. The fourth-order valence-corrected chi connectivity index (χ4v) is 1.92. The molecule has 0 N–H and O–H groups in total. The second-order valence-electron chi connectivity index (χ2n) is 3.38. The van der Waals surface area contributed by atoms with Gasteiger partial charge < -0.3 is 0 Å². The van der Waals surface area contributed by atoms with Crippen molar-refractivity contribution in [1.82, 2.24) is 15.3 Å². The van der Waals surface area contributed by atoms with Gasteiger partial charge in [0, 0.05) is 16.9 Å². The zero-order valence-corrected chi connectivity index (χ0v) is 10.9. The molecule has 0 spiro atoms. The number of nitrogens with zero attached hydrogens (tertiary/aromatic N) is 3. The second-order valence-corrected chi connectivity index (χ2v) is 4.23. The molecule has 0 radical (unpaired) electrons. The fourth-order valence-electron chi connectivity index (χ4n) is 1.47. The van der Waals surface area contributed by atoms with E-state index in [0.717, 1.165) is 14.9 Å². The van der Waals surface area contributed by atoms with E-state index in [1.54, 1.807) is 7.05 Å². The van der Waals surface area contributed by atoms with Gasteiger partial charge in [0.05, 0.1) is 18.9 Å². The molecule has 0 aliphatic heterocycles. The van der Waals surface area contributed by atoms with E-state index >= 15 is 0 Å². The molecule has 0 aliphatic rings. The van der Waals surface area contributed by atoms with Crippen molar-refractivity contribution in [3.05, 3.63) is 34.4 Å². The maximum absolute atomic E-state index is 12.0. The molecule has 2 aromatic rings. The summed E-state index contributed by atoms with van der Waals surface area (Å²) in [5.74, 6) is -0.259. The zero-order chi connectivity index (χ0) is 12.4. The predicted octanol–water partition coefficient (Wildman–Crippen LogP) is 2.03. The van der Waals surface area contributed by atoms with Crippen LogP contribution in [0.1, 0.15) is 10.4 Å². The Morgan fingerprint density at radius 3 is 2.94 bits per heavy atom. The van der Waals surface area contributed by atoms with E-state index in [0.29, 0.717) is 11.1 Å². The molecule has 5 nitrogen and oxygen atoms in total. The Balaban J connectivity index is 2.63. The minimum atomic E-state index is -0.259. The number of benzene rings is 1. The summed E-state index contributed by atoms with van der Waals surface area (Å²) in [6.07, 6.45) is 1.44. The van der Waals surface area contributed by atoms with Crippen LogP contribution in [0.3, 0.4) is 0 Å². The van der Waals surface area contributed by atoms with Gasteiger partial charge in [-0.1, -0.05) is 12.1 Å². The van der Waals surface area contributed by atoms with Crippen LogP contribution in [-0.2, 0) is 4.84 Å². The normalized spacial score (nSPS) is 10.5. The van der Waals surface area contributed by atoms with Crippen LogP contribution in [0, 0.1) is 0 Å². The van der Waals surface area contributed by atoms with Crippen molar-refractivity contribution >= 4 is 32.7 Å². The lowest BCUT2D eigenvalue weighted by Crippen LogP contribution is -2.25. The van der Waals surface area contributed by atoms with Crippen LogP contribution < -0.4 is 0 Å². The van der Waals surface area contributed by atoms with Gasteiger partial charge in [0.1, 0.15) is 5.52 Å². The van der Waals surface area contributed by atoms with Crippen LogP contribution in [0.15, 0.2) is 28.9 Å². The molecule has 0 saturated carbocycles. The SMILES string of the molecule is CON(C)C(=O)c1cnnc2c(Br)cccc12. The summed E-state index contributed by atoms with van der Waals surface area (Å²) in [7, 11) is 2.98. The maximum Gasteiger partial charge on any atom is 0.279 e. The number of hydroxylamine groups is 2. The molecule has 0 bridgehead atoms. The third kappa shape index (κ3) is 2.13. The summed E-state index contributed by atoms with van der Waals surface area (Å²) in [5, 5.41) is 9.72. The number of fused-ring (bicyclic) bond motifs is 1. The van der Waals surface area contributed by atoms with E-state index in [2.05, 4.69) is 26.1 Å². The van der Waals surface area contributed by atoms with Crippen LogP contribution in [-0.4, -0.2) is 35.3 Å². The quantitative estimate of drug-likeness (QED) is 0.796.